The van der Waals surface area contributed by atoms with Gasteiger partial charge in [-0.25, -0.2) is 4.79 Å². The number of carboxylic acid groups (broad SMARTS) is 1. The lowest BCUT2D eigenvalue weighted by atomic mass is 10.1. The van der Waals surface area contributed by atoms with Crippen molar-refractivity contribution < 1.29 is 24.5 Å². The largest absolute Gasteiger partial charge is 0.479 e. The number of aliphatic carboxylic acids is 1. The van der Waals surface area contributed by atoms with Gasteiger partial charge in [-0.2, -0.15) is 0 Å². The highest BCUT2D eigenvalue weighted by molar-refractivity contribution is 5.71. The zero-order valence-electron chi connectivity index (χ0n) is 7.52. The molecule has 13 heavy (non-hydrogen) atoms. The molecule has 2 N–H and O–H groups in total. The highest BCUT2D eigenvalue weighted by Gasteiger charge is 2.11. The molecule has 0 rings (SSSR count). The molecule has 0 saturated heterocycles. The first-order chi connectivity index (χ1) is 6.04. The molecular formula is C8H14O5. The minimum atomic E-state index is -1.31. The molecule has 0 aromatic carbocycles. The van der Waals surface area contributed by atoms with Crippen molar-refractivity contribution in [2.45, 2.75) is 32.3 Å². The van der Waals surface area contributed by atoms with E-state index in [1.165, 1.54) is 6.92 Å². The third-order valence-electron chi connectivity index (χ3n) is 1.46. The molecule has 0 fully saturated rings. The summed E-state index contributed by atoms with van der Waals surface area (Å²) in [6.45, 7) is 1.59. The van der Waals surface area contributed by atoms with E-state index in [1.54, 1.807) is 0 Å². The van der Waals surface area contributed by atoms with Gasteiger partial charge in [0.25, 0.3) is 0 Å². The molecule has 76 valence electrons. The average molecular weight is 190 g/mol. The summed E-state index contributed by atoms with van der Waals surface area (Å²) < 4.78 is 4.62. The molecule has 0 aliphatic heterocycles. The normalized spacial score (nSPS) is 12.2. The van der Waals surface area contributed by atoms with Crippen LogP contribution in [0.3, 0.4) is 0 Å². The second-order valence-corrected chi connectivity index (χ2v) is 2.69. The number of hydrogen-bond donors (Lipinski definition) is 2. The van der Waals surface area contributed by atoms with Crippen LogP contribution in [0.2, 0.25) is 0 Å². The van der Waals surface area contributed by atoms with Crippen LogP contribution in [0.1, 0.15) is 26.2 Å². The summed E-state index contributed by atoms with van der Waals surface area (Å²) >= 11 is 0. The lowest BCUT2D eigenvalue weighted by molar-refractivity contribution is -0.147. The highest BCUT2D eigenvalue weighted by Crippen LogP contribution is 2.01. The van der Waals surface area contributed by atoms with Crippen LogP contribution in [-0.2, 0) is 14.3 Å². The van der Waals surface area contributed by atoms with Gasteiger partial charge in [0.05, 0.1) is 6.61 Å². The summed E-state index contributed by atoms with van der Waals surface area (Å²) in [4.78, 5) is 20.4. The molecule has 1 unspecified atom stereocenters. The summed E-state index contributed by atoms with van der Waals surface area (Å²) in [5, 5.41) is 17.1. The van der Waals surface area contributed by atoms with E-state index in [1.807, 2.05) is 0 Å². The molecule has 0 aromatic heterocycles. The van der Waals surface area contributed by atoms with Gasteiger partial charge in [-0.1, -0.05) is 0 Å². The van der Waals surface area contributed by atoms with Crippen LogP contribution in [-0.4, -0.2) is 34.9 Å². The second kappa shape index (κ2) is 6.42. The first kappa shape index (κ1) is 11.9. The Morgan fingerprint density at radius 1 is 1.38 bits per heavy atom. The van der Waals surface area contributed by atoms with E-state index in [-0.39, 0.29) is 19.0 Å². The van der Waals surface area contributed by atoms with E-state index in [2.05, 4.69) is 4.74 Å². The van der Waals surface area contributed by atoms with Crippen LogP contribution in [0, 0.1) is 0 Å². The minimum absolute atomic E-state index is 0.191. The maximum atomic E-state index is 10.3. The number of aliphatic hydroxyl groups is 1. The molecule has 0 saturated carbocycles. The molecule has 0 aliphatic carbocycles. The van der Waals surface area contributed by atoms with E-state index >= 15 is 0 Å². The van der Waals surface area contributed by atoms with Crippen molar-refractivity contribution in [1.29, 1.82) is 0 Å². The van der Waals surface area contributed by atoms with Crippen molar-refractivity contribution in [3.63, 3.8) is 0 Å². The number of carbonyl (C=O) groups excluding carboxylic acids is 1. The van der Waals surface area contributed by atoms with Crippen molar-refractivity contribution in [3.05, 3.63) is 0 Å². The summed E-state index contributed by atoms with van der Waals surface area (Å²) in [7, 11) is 0. The van der Waals surface area contributed by atoms with Crippen molar-refractivity contribution in [2.75, 3.05) is 6.61 Å². The van der Waals surface area contributed by atoms with E-state index in [0.717, 1.165) is 0 Å². The van der Waals surface area contributed by atoms with Gasteiger partial charge in [-0.3, -0.25) is 4.79 Å². The second-order valence-electron chi connectivity index (χ2n) is 2.69. The molecule has 0 aromatic rings. The van der Waals surface area contributed by atoms with E-state index in [9.17, 15) is 9.59 Å². The van der Waals surface area contributed by atoms with Crippen molar-refractivity contribution in [1.82, 2.24) is 0 Å². The molecule has 5 heteroatoms. The van der Waals surface area contributed by atoms with E-state index < -0.39 is 12.1 Å². The fourth-order valence-electron chi connectivity index (χ4n) is 0.779. The fourth-order valence-corrected chi connectivity index (χ4v) is 0.779. The lowest BCUT2D eigenvalue weighted by Gasteiger charge is -2.04. The SMILES string of the molecule is CC(=O)OCCCCC(O)C(=O)O. The number of aliphatic hydroxyl groups excluding tert-OH is 1. The Morgan fingerprint density at radius 3 is 2.46 bits per heavy atom. The van der Waals surface area contributed by atoms with Crippen LogP contribution >= 0.6 is 0 Å². The summed E-state index contributed by atoms with van der Waals surface area (Å²) in [5.74, 6) is -1.56. The summed E-state index contributed by atoms with van der Waals surface area (Å²) in [6, 6.07) is 0. The van der Waals surface area contributed by atoms with Gasteiger partial charge < -0.3 is 14.9 Å². The van der Waals surface area contributed by atoms with Crippen molar-refractivity contribution >= 4 is 11.9 Å². The lowest BCUT2D eigenvalue weighted by Crippen LogP contribution is -2.19. The maximum absolute atomic E-state index is 10.3. The van der Waals surface area contributed by atoms with Gasteiger partial charge in [0, 0.05) is 6.92 Å². The average Bonchev–Trinajstić information content (AvgIpc) is 2.02. The van der Waals surface area contributed by atoms with Crippen molar-refractivity contribution in [3.8, 4) is 0 Å². The predicted octanol–water partition coefficient (Wildman–Crippen LogP) is 0.165. The Balaban J connectivity index is 3.26. The van der Waals surface area contributed by atoms with Gasteiger partial charge in [-0.05, 0) is 19.3 Å². The van der Waals surface area contributed by atoms with E-state index in [4.69, 9.17) is 10.2 Å². The minimum Gasteiger partial charge on any atom is -0.479 e. The third-order valence-corrected chi connectivity index (χ3v) is 1.46. The van der Waals surface area contributed by atoms with Crippen LogP contribution in [0.4, 0.5) is 0 Å². The molecule has 5 nitrogen and oxygen atoms in total. The van der Waals surface area contributed by atoms with Gasteiger partial charge in [0.1, 0.15) is 0 Å². The number of unbranched alkanes of at least 4 members (excludes halogenated alkanes) is 1. The Labute approximate surface area is 76.3 Å². The predicted molar refractivity (Wildman–Crippen MR) is 44.1 cm³/mol. The van der Waals surface area contributed by atoms with Crippen molar-refractivity contribution in [2.24, 2.45) is 0 Å². The summed E-state index contributed by atoms with van der Waals surface area (Å²) in [6.07, 6.45) is -0.0151. The van der Waals surface area contributed by atoms with Gasteiger partial charge in [0.2, 0.25) is 0 Å². The molecule has 0 radical (unpaired) electrons. The number of hydrogen-bond acceptors (Lipinski definition) is 4. The Hall–Kier alpha value is -1.10. The molecule has 0 heterocycles. The highest BCUT2D eigenvalue weighted by atomic mass is 16.5. The zero-order chi connectivity index (χ0) is 10.3. The fraction of sp³-hybridized carbons (Fsp3) is 0.750. The quantitative estimate of drug-likeness (QED) is 0.460. The molecular weight excluding hydrogens is 176 g/mol. The number of carbonyl (C=O) groups is 2. The van der Waals surface area contributed by atoms with Crippen LogP contribution in [0.5, 0.6) is 0 Å². The Morgan fingerprint density at radius 2 is 2.00 bits per heavy atom. The standard InChI is InChI=1S/C8H14O5/c1-6(9)13-5-3-2-4-7(10)8(11)12/h7,10H,2-5H2,1H3,(H,11,12). The molecule has 0 spiro atoms. The van der Waals surface area contributed by atoms with Gasteiger partial charge in [0.15, 0.2) is 6.10 Å². The first-order valence-electron chi connectivity index (χ1n) is 4.08. The van der Waals surface area contributed by atoms with Crippen LogP contribution in [0.25, 0.3) is 0 Å². The number of esters is 1. The first-order valence-corrected chi connectivity index (χ1v) is 4.08. The van der Waals surface area contributed by atoms with Crippen LogP contribution < -0.4 is 0 Å². The molecule has 0 bridgehead atoms. The van der Waals surface area contributed by atoms with E-state index in [0.29, 0.717) is 12.8 Å². The zero-order valence-corrected chi connectivity index (χ0v) is 7.52. The Kier molecular flexibility index (Phi) is 5.88. The van der Waals surface area contributed by atoms with Gasteiger partial charge >= 0.3 is 11.9 Å². The molecule has 0 amide bonds. The molecule has 0 aliphatic rings. The van der Waals surface area contributed by atoms with Crippen LogP contribution in [0.15, 0.2) is 0 Å². The maximum Gasteiger partial charge on any atom is 0.332 e. The monoisotopic (exact) mass is 190 g/mol. The molecule has 1 atom stereocenters. The van der Waals surface area contributed by atoms with Gasteiger partial charge in [-0.15, -0.1) is 0 Å². The summed E-state index contributed by atoms with van der Waals surface area (Å²) in [5.41, 5.74) is 0. The number of rotatable bonds is 6. The third kappa shape index (κ3) is 7.27. The topological polar surface area (TPSA) is 83.8 Å². The smallest absolute Gasteiger partial charge is 0.332 e. The number of ether oxygens (including phenoxy) is 1. The number of carboxylic acids is 1. The Bertz CT molecular complexity index is 177.